The monoisotopic (exact) mass is 633 g/mol. The second-order valence-corrected chi connectivity index (χ2v) is 13.4. The SMILES string of the molecule is CN1CC[C@]23CCCC[C@H]2[C@H]1Cc1ccc(O)cc13.Cc1cc2nc3c(=O)[nH]c(=O)nc-3n(C[C@H](O)[C@H](O)[C@H](O)CO)c2cc1C. The van der Waals surface area contributed by atoms with Crippen LogP contribution >= 0.6 is 0 Å². The molecule has 2 aromatic carbocycles. The Morgan fingerprint density at radius 3 is 2.54 bits per heavy atom. The Balaban J connectivity index is 0.000000171. The van der Waals surface area contributed by atoms with Crippen LogP contribution in [-0.4, -0.2) is 94.5 Å². The molecule has 0 unspecified atom stereocenters. The number of rotatable bonds is 5. The molecule has 0 spiro atoms. The molecule has 3 heterocycles. The first-order chi connectivity index (χ1) is 21.9. The normalized spacial score (nSPS) is 24.4. The molecule has 2 fully saturated rings. The van der Waals surface area contributed by atoms with Gasteiger partial charge < -0.3 is 35.0 Å². The maximum atomic E-state index is 12.2. The summed E-state index contributed by atoms with van der Waals surface area (Å²) in [6.45, 7) is 3.95. The molecular formula is C34H43N5O7. The highest BCUT2D eigenvalue weighted by Gasteiger charge is 2.53. The van der Waals surface area contributed by atoms with E-state index >= 15 is 0 Å². The summed E-state index contributed by atoms with van der Waals surface area (Å²) < 4.78 is 1.40. The van der Waals surface area contributed by atoms with E-state index in [1.807, 2.05) is 19.9 Å². The van der Waals surface area contributed by atoms with Crippen molar-refractivity contribution in [2.75, 3.05) is 20.2 Å². The molecule has 6 atom stereocenters. The molecule has 12 nitrogen and oxygen atoms in total. The third kappa shape index (κ3) is 5.62. The van der Waals surface area contributed by atoms with Crippen LogP contribution in [0.3, 0.4) is 0 Å². The number of phenols is 1. The second kappa shape index (κ2) is 12.5. The molecule has 246 valence electrons. The number of fused-ring (bicyclic) bond motifs is 3. The van der Waals surface area contributed by atoms with Crippen molar-refractivity contribution < 1.29 is 25.5 Å². The molecule has 0 aromatic heterocycles. The smallest absolute Gasteiger partial charge is 0.349 e. The zero-order valence-corrected chi connectivity index (χ0v) is 26.5. The Labute approximate surface area is 266 Å². The van der Waals surface area contributed by atoms with Crippen molar-refractivity contribution in [2.45, 2.75) is 88.7 Å². The molecule has 1 saturated carbocycles. The van der Waals surface area contributed by atoms with Gasteiger partial charge in [-0.25, -0.2) is 9.78 Å². The van der Waals surface area contributed by atoms with Gasteiger partial charge in [-0.3, -0.25) is 9.78 Å². The van der Waals surface area contributed by atoms with Crippen LogP contribution in [0.2, 0.25) is 0 Å². The van der Waals surface area contributed by atoms with E-state index in [1.54, 1.807) is 12.1 Å². The lowest BCUT2D eigenvalue weighted by atomic mass is 9.52. The van der Waals surface area contributed by atoms with Gasteiger partial charge in [-0.15, -0.1) is 0 Å². The Morgan fingerprint density at radius 1 is 1.02 bits per heavy atom. The minimum atomic E-state index is -1.64. The van der Waals surface area contributed by atoms with Gasteiger partial charge >= 0.3 is 5.69 Å². The number of hydrogen-bond acceptors (Lipinski definition) is 10. The maximum absolute atomic E-state index is 12.2. The molecule has 0 radical (unpaired) electrons. The summed E-state index contributed by atoms with van der Waals surface area (Å²) in [4.78, 5) is 36.6. The Hall–Kier alpha value is -3.68. The predicted octanol–water partition coefficient (Wildman–Crippen LogP) is 1.36. The first-order valence-electron chi connectivity index (χ1n) is 16.0. The number of likely N-dealkylation sites (tertiary alicyclic amines) is 1. The van der Waals surface area contributed by atoms with Crippen LogP contribution in [0.4, 0.5) is 0 Å². The van der Waals surface area contributed by atoms with E-state index in [-0.39, 0.29) is 18.1 Å². The van der Waals surface area contributed by atoms with Gasteiger partial charge in [-0.1, -0.05) is 18.9 Å². The number of nitrogens with one attached hydrogen (secondary N) is 1. The van der Waals surface area contributed by atoms with Crippen molar-refractivity contribution in [3.8, 4) is 17.3 Å². The first kappa shape index (κ1) is 32.3. The summed E-state index contributed by atoms with van der Waals surface area (Å²) in [5.41, 5.74) is 4.47. The summed E-state index contributed by atoms with van der Waals surface area (Å²) in [5.74, 6) is 1.22. The quantitative estimate of drug-likeness (QED) is 0.175. The molecular weight excluding hydrogens is 590 g/mol. The molecule has 2 aromatic rings. The Morgan fingerprint density at radius 2 is 1.78 bits per heavy atom. The molecule has 6 N–H and O–H groups in total. The minimum absolute atomic E-state index is 0.0516. The topological polar surface area (TPSA) is 185 Å². The average Bonchev–Trinajstić information content (AvgIpc) is 3.03. The van der Waals surface area contributed by atoms with Gasteiger partial charge in [-0.05, 0) is 106 Å². The third-order valence-electron chi connectivity index (χ3n) is 10.7. The molecule has 12 heteroatoms. The van der Waals surface area contributed by atoms with E-state index in [4.69, 9.17) is 5.11 Å². The van der Waals surface area contributed by atoms with Gasteiger partial charge in [0.2, 0.25) is 0 Å². The maximum Gasteiger partial charge on any atom is 0.349 e. The number of aliphatic hydroxyl groups is 4. The van der Waals surface area contributed by atoms with Crippen molar-refractivity contribution >= 4 is 11.0 Å². The van der Waals surface area contributed by atoms with Crippen LogP contribution < -0.4 is 11.2 Å². The Bertz CT molecular complexity index is 1840. The van der Waals surface area contributed by atoms with Crippen LogP contribution in [0.1, 0.15) is 54.4 Å². The van der Waals surface area contributed by atoms with Crippen molar-refractivity contribution in [1.82, 2.24) is 24.4 Å². The first-order valence-corrected chi connectivity index (χ1v) is 16.0. The summed E-state index contributed by atoms with van der Waals surface area (Å²) in [6.07, 6.45) is 3.25. The number of H-pyrrole nitrogens is 1. The molecule has 46 heavy (non-hydrogen) atoms. The zero-order valence-electron chi connectivity index (χ0n) is 26.5. The third-order valence-corrected chi connectivity index (χ3v) is 10.7. The van der Waals surface area contributed by atoms with E-state index < -0.39 is 36.2 Å². The number of piperidine rings is 1. The van der Waals surface area contributed by atoms with Crippen LogP contribution in [0, 0.1) is 19.8 Å². The van der Waals surface area contributed by atoms with Crippen molar-refractivity contribution in [2.24, 2.45) is 5.92 Å². The number of aromatic amines is 1. The fourth-order valence-electron chi connectivity index (χ4n) is 8.08. The van der Waals surface area contributed by atoms with E-state index in [0.717, 1.165) is 23.1 Å². The number of hydrogen-bond donors (Lipinski definition) is 6. The van der Waals surface area contributed by atoms with E-state index in [9.17, 15) is 30.0 Å². The number of aromatic hydroxyl groups is 1. The van der Waals surface area contributed by atoms with Gasteiger partial charge in [-0.2, -0.15) is 4.98 Å². The van der Waals surface area contributed by atoms with Gasteiger partial charge in [0.05, 0.1) is 24.2 Å². The summed E-state index contributed by atoms with van der Waals surface area (Å²) in [7, 11) is 2.30. The number of aromatic nitrogens is 4. The highest BCUT2D eigenvalue weighted by molar-refractivity contribution is 5.81. The standard InChI is InChI=1S/C17H20N4O6.C17H23NO/c1-7-3-9-10(4-8(7)2)21(5-11(23)14(25)12(24)6-22)15-13(18-9)16(26)20-17(27)19-15;1-18-9-8-17-7-3-2-4-14(17)16(18)10-12-5-6-13(19)11-15(12)17/h3-4,11-12,14,22-25H,5-6H2,1-2H3,(H,20,26,27);5-6,11,14,16,19H,2-4,7-10H2,1H3/t11-,12+,14-;14-,16+,17+/m00/s1. The lowest BCUT2D eigenvalue weighted by Crippen LogP contribution is -2.59. The van der Waals surface area contributed by atoms with Crippen LogP contribution in [0.15, 0.2) is 39.9 Å². The lowest BCUT2D eigenvalue weighted by molar-refractivity contribution is -0.0802. The molecule has 2 bridgehead atoms. The summed E-state index contributed by atoms with van der Waals surface area (Å²) in [5, 5.41) is 48.7. The highest BCUT2D eigenvalue weighted by Crippen LogP contribution is 2.55. The number of likely N-dealkylation sites (N-methyl/N-ethyl adjacent to an activating group) is 1. The fourth-order valence-corrected chi connectivity index (χ4v) is 8.08. The number of nitrogens with zero attached hydrogens (tertiary/aromatic N) is 4. The van der Waals surface area contributed by atoms with Gasteiger partial charge in [0, 0.05) is 11.5 Å². The average molecular weight is 634 g/mol. The van der Waals surface area contributed by atoms with Crippen LogP contribution in [0.5, 0.6) is 5.75 Å². The number of aryl methyl sites for hydroxylation is 2. The lowest BCUT2D eigenvalue weighted by Gasteiger charge is -2.58. The molecule has 1 saturated heterocycles. The summed E-state index contributed by atoms with van der Waals surface area (Å²) in [6, 6.07) is 10.4. The zero-order chi connectivity index (χ0) is 32.9. The predicted molar refractivity (Wildman–Crippen MR) is 172 cm³/mol. The second-order valence-electron chi connectivity index (χ2n) is 13.4. The van der Waals surface area contributed by atoms with Crippen molar-refractivity contribution in [3.05, 3.63) is 73.4 Å². The molecule has 5 aliphatic rings. The van der Waals surface area contributed by atoms with Crippen molar-refractivity contribution in [3.63, 3.8) is 0 Å². The number of benzene rings is 2. The van der Waals surface area contributed by atoms with E-state index in [1.165, 1.54) is 60.8 Å². The fraction of sp³-hybridized carbons (Fsp3) is 0.529. The Kier molecular flexibility index (Phi) is 8.77. The minimum Gasteiger partial charge on any atom is -0.508 e. The van der Waals surface area contributed by atoms with E-state index in [2.05, 4.69) is 39.0 Å². The van der Waals surface area contributed by atoms with Gasteiger partial charge in [0.15, 0.2) is 11.5 Å². The molecule has 7 rings (SSSR count). The van der Waals surface area contributed by atoms with Crippen molar-refractivity contribution in [1.29, 1.82) is 0 Å². The van der Waals surface area contributed by atoms with Crippen LogP contribution in [0.25, 0.3) is 22.6 Å². The molecule has 2 aliphatic carbocycles. The largest absolute Gasteiger partial charge is 0.508 e. The van der Waals surface area contributed by atoms with E-state index in [0.29, 0.717) is 22.2 Å². The number of phenolic OH excluding ortho intramolecular Hbond substituents is 1. The van der Waals surface area contributed by atoms with Gasteiger partial charge in [0.25, 0.3) is 5.56 Å². The highest BCUT2D eigenvalue weighted by atomic mass is 16.4. The summed E-state index contributed by atoms with van der Waals surface area (Å²) >= 11 is 0. The van der Waals surface area contributed by atoms with Crippen LogP contribution in [-0.2, 0) is 18.4 Å². The van der Waals surface area contributed by atoms with Gasteiger partial charge in [0.1, 0.15) is 24.1 Å². The number of aliphatic hydroxyl groups excluding tert-OH is 4. The molecule has 3 aliphatic heterocycles. The molecule has 0 amide bonds.